The molecule has 1 N–H and O–H groups in total. The van der Waals surface area contributed by atoms with Crippen LogP contribution >= 0.6 is 58.2 Å². The molecule has 2 amide bonds. The van der Waals surface area contributed by atoms with Crippen LogP contribution in [0.5, 0.6) is 5.75 Å². The number of ether oxygens (including phenoxy) is 1. The zero-order valence-corrected chi connectivity index (χ0v) is 20.1. The van der Waals surface area contributed by atoms with E-state index in [1.807, 2.05) is 0 Å². The normalized spacial score (nSPS) is 16.0. The molecule has 1 heterocycles. The molecule has 1 saturated heterocycles. The highest BCUT2D eigenvalue weighted by Crippen LogP contribution is 2.34. The Kier molecular flexibility index (Phi) is 8.51. The SMILES string of the molecule is C=CCN1C(=O)C(=Cc2ccc(Cl)cc2)SC1=NNC(=O)COc1cc(Cl)c(Cl)cc1Cl. The number of nitrogens with zero attached hydrogens (tertiary/aromatic N) is 2. The first-order valence-electron chi connectivity index (χ1n) is 9.00. The Morgan fingerprint density at radius 3 is 2.50 bits per heavy atom. The molecule has 166 valence electrons. The number of amides is 2. The Hall–Kier alpha value is -2.16. The Balaban J connectivity index is 1.68. The fourth-order valence-electron chi connectivity index (χ4n) is 2.49. The van der Waals surface area contributed by atoms with Crippen molar-refractivity contribution in [3.05, 3.63) is 79.6 Å². The van der Waals surface area contributed by atoms with Gasteiger partial charge in [0.1, 0.15) is 5.75 Å². The van der Waals surface area contributed by atoms with Crippen molar-refractivity contribution < 1.29 is 14.3 Å². The van der Waals surface area contributed by atoms with Gasteiger partial charge in [-0.1, -0.05) is 64.6 Å². The lowest BCUT2D eigenvalue weighted by Crippen LogP contribution is -2.32. The second kappa shape index (κ2) is 11.1. The smallest absolute Gasteiger partial charge is 0.278 e. The quantitative estimate of drug-likeness (QED) is 0.210. The minimum Gasteiger partial charge on any atom is -0.482 e. The van der Waals surface area contributed by atoms with Crippen molar-refractivity contribution in [2.75, 3.05) is 13.2 Å². The number of hydrazone groups is 1. The van der Waals surface area contributed by atoms with Crippen LogP contribution in [0.1, 0.15) is 5.56 Å². The molecular weight excluding hydrogens is 516 g/mol. The van der Waals surface area contributed by atoms with Crippen LogP contribution in [-0.4, -0.2) is 35.0 Å². The largest absolute Gasteiger partial charge is 0.482 e. The van der Waals surface area contributed by atoms with Crippen LogP contribution in [0, 0.1) is 0 Å². The van der Waals surface area contributed by atoms with Gasteiger partial charge in [0.2, 0.25) is 0 Å². The number of thioether (sulfide) groups is 1. The van der Waals surface area contributed by atoms with Crippen LogP contribution in [0.3, 0.4) is 0 Å². The molecule has 1 aliphatic heterocycles. The molecule has 2 aromatic rings. The molecule has 6 nitrogen and oxygen atoms in total. The van der Waals surface area contributed by atoms with Gasteiger partial charge in [0.05, 0.1) is 20.0 Å². The number of hydrogen-bond donors (Lipinski definition) is 1. The van der Waals surface area contributed by atoms with Gasteiger partial charge >= 0.3 is 0 Å². The van der Waals surface area contributed by atoms with E-state index in [4.69, 9.17) is 51.1 Å². The zero-order valence-electron chi connectivity index (χ0n) is 16.3. The first kappa shape index (κ1) is 24.5. The predicted molar refractivity (Wildman–Crippen MR) is 131 cm³/mol. The van der Waals surface area contributed by atoms with E-state index in [-0.39, 0.29) is 39.9 Å². The monoisotopic (exact) mass is 529 g/mol. The maximum Gasteiger partial charge on any atom is 0.278 e. The van der Waals surface area contributed by atoms with E-state index in [0.29, 0.717) is 15.1 Å². The van der Waals surface area contributed by atoms with E-state index in [0.717, 1.165) is 17.3 Å². The highest BCUT2D eigenvalue weighted by molar-refractivity contribution is 8.18. The van der Waals surface area contributed by atoms with Gasteiger partial charge < -0.3 is 4.74 Å². The van der Waals surface area contributed by atoms with Gasteiger partial charge in [-0.05, 0) is 41.6 Å². The van der Waals surface area contributed by atoms with E-state index >= 15 is 0 Å². The third-order valence-electron chi connectivity index (χ3n) is 3.98. The molecule has 0 unspecified atom stereocenters. The molecule has 0 aliphatic carbocycles. The van der Waals surface area contributed by atoms with E-state index in [1.54, 1.807) is 36.4 Å². The fourth-order valence-corrected chi connectivity index (χ4v) is 4.16. The highest BCUT2D eigenvalue weighted by atomic mass is 35.5. The number of halogens is 4. The molecule has 3 rings (SSSR count). The number of rotatable bonds is 7. The maximum absolute atomic E-state index is 12.7. The molecule has 0 aromatic heterocycles. The van der Waals surface area contributed by atoms with Gasteiger partial charge in [0.15, 0.2) is 11.8 Å². The summed E-state index contributed by atoms with van der Waals surface area (Å²) in [6.45, 7) is 3.52. The minimum atomic E-state index is -0.554. The molecule has 0 saturated carbocycles. The van der Waals surface area contributed by atoms with Gasteiger partial charge in [-0.15, -0.1) is 11.7 Å². The first-order chi connectivity index (χ1) is 15.3. The fraction of sp³-hybridized carbons (Fsp3) is 0.0952. The van der Waals surface area contributed by atoms with Crippen LogP contribution in [0.15, 0.2) is 59.1 Å². The van der Waals surface area contributed by atoms with Crippen LogP contribution in [0.25, 0.3) is 6.08 Å². The van der Waals surface area contributed by atoms with Crippen LogP contribution in [0.2, 0.25) is 20.1 Å². The summed E-state index contributed by atoms with van der Waals surface area (Å²) in [5, 5.41) is 5.69. The van der Waals surface area contributed by atoms with Crippen LogP contribution in [0.4, 0.5) is 0 Å². The topological polar surface area (TPSA) is 71.0 Å². The molecule has 0 atom stereocenters. The summed E-state index contributed by atoms with van der Waals surface area (Å²) in [6, 6.07) is 9.88. The Morgan fingerprint density at radius 2 is 1.81 bits per heavy atom. The van der Waals surface area contributed by atoms with Crippen molar-refractivity contribution in [2.45, 2.75) is 0 Å². The lowest BCUT2D eigenvalue weighted by molar-refractivity contribution is -0.123. The van der Waals surface area contributed by atoms with E-state index < -0.39 is 5.91 Å². The maximum atomic E-state index is 12.7. The zero-order chi connectivity index (χ0) is 23.3. The second-order valence-corrected chi connectivity index (χ2v) is 8.95. The molecule has 1 fully saturated rings. The molecule has 0 bridgehead atoms. The summed E-state index contributed by atoms with van der Waals surface area (Å²) in [5.41, 5.74) is 3.18. The van der Waals surface area contributed by atoms with Crippen molar-refractivity contribution in [3.8, 4) is 5.75 Å². The van der Waals surface area contributed by atoms with Gasteiger partial charge in [-0.25, -0.2) is 5.43 Å². The number of carbonyl (C=O) groups excluding carboxylic acids is 2. The summed E-state index contributed by atoms with van der Waals surface area (Å²) in [5.74, 6) is -0.603. The van der Waals surface area contributed by atoms with Crippen molar-refractivity contribution in [3.63, 3.8) is 0 Å². The molecule has 0 spiro atoms. The number of carbonyl (C=O) groups is 2. The standard InChI is InChI=1S/C21H15Cl4N3O3S/c1-2-7-28-20(30)18(8-12-3-5-13(22)6-4-12)32-21(28)27-26-19(29)11-31-17-10-15(24)14(23)9-16(17)25/h2-6,8-10H,1,7,11H2,(H,26,29). The summed E-state index contributed by atoms with van der Waals surface area (Å²) in [7, 11) is 0. The van der Waals surface area contributed by atoms with Crippen LogP contribution < -0.4 is 10.2 Å². The molecule has 32 heavy (non-hydrogen) atoms. The third kappa shape index (κ3) is 6.21. The van der Waals surface area contributed by atoms with Gasteiger partial charge in [-0.2, -0.15) is 0 Å². The van der Waals surface area contributed by atoms with Crippen molar-refractivity contribution in [1.29, 1.82) is 0 Å². The molecule has 11 heteroatoms. The number of hydrogen-bond acceptors (Lipinski definition) is 5. The lowest BCUT2D eigenvalue weighted by Gasteiger charge is -2.12. The molecule has 0 radical (unpaired) electrons. The molecule has 1 aliphatic rings. The molecule has 2 aromatic carbocycles. The van der Waals surface area contributed by atoms with Crippen LogP contribution in [-0.2, 0) is 9.59 Å². The lowest BCUT2D eigenvalue weighted by atomic mass is 10.2. The Labute approximate surface area is 208 Å². The van der Waals surface area contributed by atoms with E-state index in [2.05, 4.69) is 17.1 Å². The average Bonchev–Trinajstić information content (AvgIpc) is 3.05. The Morgan fingerprint density at radius 1 is 1.12 bits per heavy atom. The van der Waals surface area contributed by atoms with Crippen molar-refractivity contribution in [2.24, 2.45) is 5.10 Å². The Bertz CT molecular complexity index is 1120. The van der Waals surface area contributed by atoms with Gasteiger partial charge in [0, 0.05) is 17.6 Å². The summed E-state index contributed by atoms with van der Waals surface area (Å²) in [4.78, 5) is 26.8. The predicted octanol–water partition coefficient (Wildman–Crippen LogP) is 5.87. The molecular formula is C21H15Cl4N3O3S. The highest BCUT2D eigenvalue weighted by Gasteiger charge is 2.32. The summed E-state index contributed by atoms with van der Waals surface area (Å²) < 4.78 is 5.37. The minimum absolute atomic E-state index is 0.204. The van der Waals surface area contributed by atoms with Gasteiger partial charge in [-0.3, -0.25) is 14.5 Å². The number of benzene rings is 2. The first-order valence-corrected chi connectivity index (χ1v) is 11.3. The number of amidine groups is 1. The van der Waals surface area contributed by atoms with Crippen molar-refractivity contribution >= 4 is 81.2 Å². The van der Waals surface area contributed by atoms with E-state index in [9.17, 15) is 9.59 Å². The third-order valence-corrected chi connectivity index (χ3v) is 6.25. The van der Waals surface area contributed by atoms with E-state index in [1.165, 1.54) is 17.0 Å². The van der Waals surface area contributed by atoms with Crippen molar-refractivity contribution in [1.82, 2.24) is 10.3 Å². The average molecular weight is 531 g/mol. The van der Waals surface area contributed by atoms with Gasteiger partial charge in [0.25, 0.3) is 11.8 Å². The number of nitrogens with one attached hydrogen (secondary N) is 1. The summed E-state index contributed by atoms with van der Waals surface area (Å²) >= 11 is 24.9. The summed E-state index contributed by atoms with van der Waals surface area (Å²) in [6.07, 6.45) is 3.29. The second-order valence-electron chi connectivity index (χ2n) is 6.28.